The lowest BCUT2D eigenvalue weighted by atomic mass is 10.1. The second kappa shape index (κ2) is 8.56. The summed E-state index contributed by atoms with van der Waals surface area (Å²) in [6.07, 6.45) is 0.918. The van der Waals surface area contributed by atoms with Gasteiger partial charge in [-0.15, -0.1) is 0 Å². The van der Waals surface area contributed by atoms with Crippen LogP contribution in [-0.4, -0.2) is 49.5 Å². The molecular formula is C18H30N4O. The zero-order valence-electron chi connectivity index (χ0n) is 15.2. The summed E-state index contributed by atoms with van der Waals surface area (Å²) in [6, 6.07) is 8.51. The highest BCUT2D eigenvalue weighted by Crippen LogP contribution is 2.03. The minimum atomic E-state index is -0.222. The van der Waals surface area contributed by atoms with Gasteiger partial charge in [0.2, 0.25) is 5.91 Å². The number of likely N-dealkylation sites (N-methyl/N-ethyl adjacent to an activating group) is 1. The third kappa shape index (κ3) is 7.68. The monoisotopic (exact) mass is 318 g/mol. The third-order valence-electron chi connectivity index (χ3n) is 3.29. The van der Waals surface area contributed by atoms with Crippen molar-refractivity contribution in [2.45, 2.75) is 39.7 Å². The molecule has 1 amide bonds. The number of carbonyl (C=O) groups excluding carboxylic acids is 1. The molecule has 0 heterocycles. The van der Waals surface area contributed by atoms with Crippen molar-refractivity contribution >= 4 is 11.9 Å². The van der Waals surface area contributed by atoms with Crippen molar-refractivity contribution in [3.8, 4) is 0 Å². The van der Waals surface area contributed by atoms with E-state index >= 15 is 0 Å². The van der Waals surface area contributed by atoms with E-state index in [-0.39, 0.29) is 18.0 Å². The predicted molar refractivity (Wildman–Crippen MR) is 96.8 cm³/mol. The van der Waals surface area contributed by atoms with Crippen molar-refractivity contribution in [2.24, 2.45) is 4.99 Å². The number of hydrogen-bond donors (Lipinski definition) is 2. The number of aliphatic imine (C=N–C) groups is 1. The minimum absolute atomic E-state index is 0.0125. The first-order valence-corrected chi connectivity index (χ1v) is 7.99. The quantitative estimate of drug-likeness (QED) is 0.644. The topological polar surface area (TPSA) is 56.7 Å². The van der Waals surface area contributed by atoms with Crippen molar-refractivity contribution in [2.75, 3.05) is 27.2 Å². The molecule has 5 nitrogen and oxygen atoms in total. The molecule has 2 N–H and O–H groups in total. The molecule has 1 rings (SSSR count). The molecule has 0 fully saturated rings. The lowest BCUT2D eigenvalue weighted by Gasteiger charge is -2.25. The maximum atomic E-state index is 12.0. The summed E-state index contributed by atoms with van der Waals surface area (Å²) in [5.74, 6) is 0.711. The Balaban J connectivity index is 2.44. The summed E-state index contributed by atoms with van der Waals surface area (Å²) in [5.41, 5.74) is 2.33. The average Bonchev–Trinajstić information content (AvgIpc) is 2.43. The molecule has 0 aliphatic rings. The molecule has 23 heavy (non-hydrogen) atoms. The van der Waals surface area contributed by atoms with E-state index in [0.717, 1.165) is 18.9 Å². The fourth-order valence-electron chi connectivity index (χ4n) is 2.21. The maximum Gasteiger partial charge on any atom is 0.240 e. The molecule has 0 aliphatic carbocycles. The van der Waals surface area contributed by atoms with Gasteiger partial charge in [-0.05, 0) is 39.7 Å². The normalized spacial score (nSPS) is 12.0. The van der Waals surface area contributed by atoms with Crippen LogP contribution in [0, 0.1) is 6.92 Å². The Morgan fingerprint density at radius 1 is 1.22 bits per heavy atom. The van der Waals surface area contributed by atoms with Crippen LogP contribution >= 0.6 is 0 Å². The highest BCUT2D eigenvalue weighted by atomic mass is 16.2. The Hall–Kier alpha value is -2.04. The summed E-state index contributed by atoms with van der Waals surface area (Å²) in [4.78, 5) is 18.0. The number of benzene rings is 1. The fourth-order valence-corrected chi connectivity index (χ4v) is 2.21. The molecule has 1 aromatic rings. The predicted octanol–water partition coefficient (Wildman–Crippen LogP) is 1.96. The van der Waals surface area contributed by atoms with Gasteiger partial charge >= 0.3 is 0 Å². The largest absolute Gasteiger partial charge is 0.356 e. The first kappa shape index (κ1) is 19.0. The number of aryl methyl sites for hydroxylation is 1. The molecule has 0 saturated carbocycles. The van der Waals surface area contributed by atoms with Crippen LogP contribution in [0.25, 0.3) is 0 Å². The van der Waals surface area contributed by atoms with Gasteiger partial charge in [0.25, 0.3) is 0 Å². The molecule has 0 aliphatic heterocycles. The smallest absolute Gasteiger partial charge is 0.240 e. The zero-order chi connectivity index (χ0) is 17.5. The van der Waals surface area contributed by atoms with E-state index < -0.39 is 0 Å². The molecule has 0 spiro atoms. The number of amides is 1. The number of hydrogen-bond acceptors (Lipinski definition) is 2. The molecule has 5 heteroatoms. The van der Waals surface area contributed by atoms with E-state index in [1.165, 1.54) is 11.1 Å². The lowest BCUT2D eigenvalue weighted by molar-refractivity contribution is -0.122. The molecule has 0 aromatic heterocycles. The summed E-state index contributed by atoms with van der Waals surface area (Å²) in [5, 5.41) is 6.25. The molecular weight excluding hydrogens is 288 g/mol. The second-order valence-corrected chi connectivity index (χ2v) is 6.86. The summed E-state index contributed by atoms with van der Waals surface area (Å²) < 4.78 is 0. The van der Waals surface area contributed by atoms with E-state index in [1.807, 2.05) is 32.7 Å². The number of rotatable bonds is 5. The van der Waals surface area contributed by atoms with Gasteiger partial charge in [0.1, 0.15) is 0 Å². The van der Waals surface area contributed by atoms with E-state index in [1.54, 1.807) is 7.05 Å². The van der Waals surface area contributed by atoms with Gasteiger partial charge in [-0.3, -0.25) is 9.79 Å². The van der Waals surface area contributed by atoms with E-state index in [4.69, 9.17) is 0 Å². The van der Waals surface area contributed by atoms with Crippen LogP contribution in [0.5, 0.6) is 0 Å². The van der Waals surface area contributed by atoms with Crippen LogP contribution in [0.15, 0.2) is 29.3 Å². The third-order valence-corrected chi connectivity index (χ3v) is 3.29. The van der Waals surface area contributed by atoms with Crippen molar-refractivity contribution < 1.29 is 4.79 Å². The first-order chi connectivity index (χ1) is 10.7. The molecule has 0 bridgehead atoms. The number of guanidine groups is 1. The van der Waals surface area contributed by atoms with Crippen LogP contribution in [0.1, 0.15) is 31.9 Å². The van der Waals surface area contributed by atoms with Gasteiger partial charge in [-0.1, -0.05) is 29.8 Å². The molecule has 0 atom stereocenters. The van der Waals surface area contributed by atoms with Crippen molar-refractivity contribution in [1.29, 1.82) is 0 Å². The lowest BCUT2D eigenvalue weighted by Crippen LogP contribution is -2.49. The number of nitrogens with one attached hydrogen (secondary N) is 2. The Labute approximate surface area is 140 Å². The van der Waals surface area contributed by atoms with Crippen LogP contribution in [0.2, 0.25) is 0 Å². The van der Waals surface area contributed by atoms with Gasteiger partial charge < -0.3 is 15.5 Å². The molecule has 1 aromatic carbocycles. The van der Waals surface area contributed by atoms with Crippen LogP contribution < -0.4 is 10.6 Å². The minimum Gasteiger partial charge on any atom is -0.356 e. The Morgan fingerprint density at radius 2 is 1.83 bits per heavy atom. The summed E-state index contributed by atoms with van der Waals surface area (Å²) >= 11 is 0. The second-order valence-electron chi connectivity index (χ2n) is 6.86. The van der Waals surface area contributed by atoms with Gasteiger partial charge in [-0.25, -0.2) is 0 Å². The molecule has 0 unspecified atom stereocenters. The van der Waals surface area contributed by atoms with E-state index in [0.29, 0.717) is 0 Å². The van der Waals surface area contributed by atoms with Gasteiger partial charge in [0, 0.05) is 26.2 Å². The van der Waals surface area contributed by atoms with Gasteiger partial charge in [0.15, 0.2) is 5.96 Å². The van der Waals surface area contributed by atoms with Crippen LogP contribution in [0.4, 0.5) is 0 Å². The number of carbonyl (C=O) groups is 1. The summed E-state index contributed by atoms with van der Waals surface area (Å²) in [6.45, 7) is 9.06. The standard InChI is InChI=1S/C18H30N4O/c1-14-7-9-15(10-8-14)11-12-20-17(19-5)22(6)13-16(23)21-18(2,3)4/h7-10H,11-13H2,1-6H3,(H,19,20)(H,21,23). The first-order valence-electron chi connectivity index (χ1n) is 7.99. The Morgan fingerprint density at radius 3 is 2.35 bits per heavy atom. The average molecular weight is 318 g/mol. The van der Waals surface area contributed by atoms with Crippen LogP contribution in [-0.2, 0) is 11.2 Å². The van der Waals surface area contributed by atoms with Crippen molar-refractivity contribution in [3.05, 3.63) is 35.4 Å². The van der Waals surface area contributed by atoms with Gasteiger partial charge in [0.05, 0.1) is 6.54 Å². The Kier molecular flexibility index (Phi) is 7.07. The van der Waals surface area contributed by atoms with Crippen molar-refractivity contribution in [1.82, 2.24) is 15.5 Å². The van der Waals surface area contributed by atoms with Gasteiger partial charge in [-0.2, -0.15) is 0 Å². The molecule has 128 valence electrons. The van der Waals surface area contributed by atoms with Crippen molar-refractivity contribution in [3.63, 3.8) is 0 Å². The fraction of sp³-hybridized carbons (Fsp3) is 0.556. The van der Waals surface area contributed by atoms with E-state index in [2.05, 4.69) is 46.8 Å². The SMILES string of the molecule is CN=C(NCCc1ccc(C)cc1)N(C)CC(=O)NC(C)(C)C. The Bertz CT molecular complexity index is 529. The highest BCUT2D eigenvalue weighted by molar-refractivity contribution is 5.86. The summed E-state index contributed by atoms with van der Waals surface area (Å²) in [7, 11) is 3.59. The maximum absolute atomic E-state index is 12.0. The number of nitrogens with zero attached hydrogens (tertiary/aromatic N) is 2. The molecule has 0 saturated heterocycles. The van der Waals surface area contributed by atoms with Crippen LogP contribution in [0.3, 0.4) is 0 Å². The molecule has 0 radical (unpaired) electrons. The zero-order valence-corrected chi connectivity index (χ0v) is 15.2. The highest BCUT2D eigenvalue weighted by Gasteiger charge is 2.16. The van der Waals surface area contributed by atoms with E-state index in [9.17, 15) is 4.79 Å².